The molecule has 3 rings (SSSR count). The summed E-state index contributed by atoms with van der Waals surface area (Å²) in [5.41, 5.74) is 2.21. The summed E-state index contributed by atoms with van der Waals surface area (Å²) < 4.78 is 33.2. The number of methoxy groups -OCH3 is 1. The molecular weight excluding hydrogens is 424 g/mol. The molecule has 0 bridgehead atoms. The molecule has 1 heterocycles. The van der Waals surface area contributed by atoms with Gasteiger partial charge in [0.1, 0.15) is 0 Å². The number of carbonyl (C=O) groups excluding carboxylic acids is 1. The highest BCUT2D eigenvalue weighted by Gasteiger charge is 2.21. The van der Waals surface area contributed by atoms with Gasteiger partial charge in [-0.25, -0.2) is 17.9 Å². The van der Waals surface area contributed by atoms with Gasteiger partial charge in [-0.1, -0.05) is 29.8 Å². The lowest BCUT2D eigenvalue weighted by Crippen LogP contribution is -2.29. The van der Waals surface area contributed by atoms with Gasteiger partial charge >= 0.3 is 5.97 Å². The summed E-state index contributed by atoms with van der Waals surface area (Å²) >= 11 is 5.87. The molecular formula is C22H21ClN2O4S. The zero-order valence-corrected chi connectivity index (χ0v) is 17.9. The van der Waals surface area contributed by atoms with Gasteiger partial charge in [0.25, 0.3) is 0 Å². The van der Waals surface area contributed by atoms with Crippen molar-refractivity contribution in [3.8, 4) is 0 Å². The van der Waals surface area contributed by atoms with Gasteiger partial charge in [0.2, 0.25) is 10.0 Å². The highest BCUT2D eigenvalue weighted by atomic mass is 35.5. The van der Waals surface area contributed by atoms with Crippen molar-refractivity contribution in [2.75, 3.05) is 7.11 Å². The first kappa shape index (κ1) is 22.0. The van der Waals surface area contributed by atoms with E-state index in [-0.39, 0.29) is 4.90 Å². The Hall–Kier alpha value is -2.74. The van der Waals surface area contributed by atoms with Crippen molar-refractivity contribution in [3.05, 3.63) is 94.8 Å². The first-order chi connectivity index (χ1) is 14.4. The minimum atomic E-state index is -3.75. The van der Waals surface area contributed by atoms with Crippen molar-refractivity contribution in [2.24, 2.45) is 0 Å². The third-order valence-electron chi connectivity index (χ3n) is 4.60. The molecule has 1 N–H and O–H groups in total. The Morgan fingerprint density at radius 1 is 1.10 bits per heavy atom. The summed E-state index contributed by atoms with van der Waals surface area (Å²) in [6.07, 6.45) is 4.40. The lowest BCUT2D eigenvalue weighted by molar-refractivity contribution is 0.0600. The monoisotopic (exact) mass is 444 g/mol. The number of benzene rings is 2. The van der Waals surface area contributed by atoms with Crippen molar-refractivity contribution in [2.45, 2.75) is 23.8 Å². The minimum Gasteiger partial charge on any atom is -0.465 e. The number of ether oxygens (including phenoxy) is 1. The molecule has 0 amide bonds. The van der Waals surface area contributed by atoms with Gasteiger partial charge in [-0.15, -0.1) is 0 Å². The molecule has 3 aromatic rings. The number of esters is 1. The molecule has 1 aromatic heterocycles. The number of aromatic nitrogens is 1. The molecule has 0 saturated heterocycles. The molecule has 0 aliphatic carbocycles. The summed E-state index contributed by atoms with van der Waals surface area (Å²) in [5.74, 6) is -0.398. The van der Waals surface area contributed by atoms with Crippen molar-refractivity contribution in [1.82, 2.24) is 9.71 Å². The second kappa shape index (κ2) is 9.84. The maximum atomic E-state index is 12.9. The van der Waals surface area contributed by atoms with E-state index in [1.165, 1.54) is 31.4 Å². The Kier molecular flexibility index (Phi) is 7.20. The summed E-state index contributed by atoms with van der Waals surface area (Å²) in [6, 6.07) is 16.2. The fourth-order valence-corrected chi connectivity index (χ4v) is 4.37. The van der Waals surface area contributed by atoms with Crippen LogP contribution in [0.2, 0.25) is 5.02 Å². The normalized spacial score (nSPS) is 12.3. The first-order valence-electron chi connectivity index (χ1n) is 9.24. The fourth-order valence-electron chi connectivity index (χ4n) is 2.98. The van der Waals surface area contributed by atoms with Crippen LogP contribution in [0, 0.1) is 0 Å². The van der Waals surface area contributed by atoms with E-state index in [1.54, 1.807) is 30.6 Å². The van der Waals surface area contributed by atoms with E-state index in [0.29, 0.717) is 23.4 Å². The number of hydrogen-bond donors (Lipinski definition) is 1. The lowest BCUT2D eigenvalue weighted by Gasteiger charge is -2.19. The molecule has 8 heteroatoms. The quantitative estimate of drug-likeness (QED) is 0.527. The molecule has 1 atom stereocenters. The van der Waals surface area contributed by atoms with Crippen LogP contribution >= 0.6 is 11.6 Å². The topological polar surface area (TPSA) is 85.4 Å². The van der Waals surface area contributed by atoms with Gasteiger partial charge in [-0.2, -0.15) is 0 Å². The molecule has 0 aliphatic heterocycles. The number of sulfonamides is 1. The fraction of sp³-hybridized carbons (Fsp3) is 0.182. The molecule has 2 aromatic carbocycles. The van der Waals surface area contributed by atoms with Gasteiger partial charge in [0.15, 0.2) is 0 Å². The average molecular weight is 445 g/mol. The number of carbonyl (C=O) groups is 1. The summed E-state index contributed by atoms with van der Waals surface area (Å²) in [4.78, 5) is 15.8. The Bertz CT molecular complexity index is 1090. The molecule has 30 heavy (non-hydrogen) atoms. The lowest BCUT2D eigenvalue weighted by atomic mass is 10.0. The summed E-state index contributed by atoms with van der Waals surface area (Å²) in [5, 5.41) is 0.466. The highest BCUT2D eigenvalue weighted by Crippen LogP contribution is 2.23. The second-order valence-corrected chi connectivity index (χ2v) is 8.79. The van der Waals surface area contributed by atoms with Crippen LogP contribution in [0.4, 0.5) is 0 Å². The van der Waals surface area contributed by atoms with Crippen molar-refractivity contribution < 1.29 is 17.9 Å². The smallest absolute Gasteiger partial charge is 0.337 e. The number of nitrogens with zero attached hydrogens (tertiary/aromatic N) is 1. The second-order valence-electron chi connectivity index (χ2n) is 6.64. The number of pyridine rings is 1. The van der Waals surface area contributed by atoms with Crippen LogP contribution in [-0.2, 0) is 21.2 Å². The predicted octanol–water partition coefficient (Wildman–Crippen LogP) is 4.17. The minimum absolute atomic E-state index is 0.142. The van der Waals surface area contributed by atoms with E-state index in [2.05, 4.69) is 9.71 Å². The third kappa shape index (κ3) is 5.66. The average Bonchev–Trinajstić information content (AvgIpc) is 2.77. The van der Waals surface area contributed by atoms with Crippen molar-refractivity contribution >= 4 is 27.6 Å². The largest absolute Gasteiger partial charge is 0.465 e. The molecule has 0 spiro atoms. The van der Waals surface area contributed by atoms with E-state index in [0.717, 1.165) is 11.1 Å². The van der Waals surface area contributed by atoms with Gasteiger partial charge in [0, 0.05) is 23.5 Å². The van der Waals surface area contributed by atoms with Crippen LogP contribution in [0.5, 0.6) is 0 Å². The zero-order chi connectivity index (χ0) is 21.6. The molecule has 0 aliphatic rings. The maximum absolute atomic E-state index is 12.9. The number of halogens is 1. The first-order valence-corrected chi connectivity index (χ1v) is 11.1. The van der Waals surface area contributed by atoms with Crippen LogP contribution in [0.15, 0.2) is 78.0 Å². The SMILES string of the molecule is COC(=O)c1ccc(CCC(NS(=O)(=O)c2ccc(Cl)cc2)c2cccnc2)cc1. The van der Waals surface area contributed by atoms with Gasteiger partial charge < -0.3 is 4.74 Å². The van der Waals surface area contributed by atoms with Gasteiger partial charge in [-0.05, 0) is 66.4 Å². The molecule has 6 nitrogen and oxygen atoms in total. The molecule has 156 valence electrons. The summed E-state index contributed by atoms with van der Waals surface area (Å²) in [6.45, 7) is 0. The number of rotatable bonds is 8. The van der Waals surface area contributed by atoms with Gasteiger partial charge in [0.05, 0.1) is 17.6 Å². The predicted molar refractivity (Wildman–Crippen MR) is 115 cm³/mol. The van der Waals surface area contributed by atoms with Crippen LogP contribution in [0.1, 0.15) is 33.9 Å². The molecule has 0 saturated carbocycles. The zero-order valence-electron chi connectivity index (χ0n) is 16.3. The Balaban J connectivity index is 1.78. The maximum Gasteiger partial charge on any atom is 0.337 e. The highest BCUT2D eigenvalue weighted by molar-refractivity contribution is 7.89. The van der Waals surface area contributed by atoms with Crippen molar-refractivity contribution in [1.29, 1.82) is 0 Å². The van der Waals surface area contributed by atoms with Gasteiger partial charge in [-0.3, -0.25) is 4.98 Å². The Morgan fingerprint density at radius 2 is 1.80 bits per heavy atom. The number of nitrogens with one attached hydrogen (secondary N) is 1. The molecule has 0 radical (unpaired) electrons. The van der Waals surface area contributed by atoms with Crippen LogP contribution in [-0.4, -0.2) is 26.5 Å². The molecule has 0 fully saturated rings. The number of hydrogen-bond acceptors (Lipinski definition) is 5. The van der Waals surface area contributed by atoms with Crippen LogP contribution in [0.25, 0.3) is 0 Å². The summed E-state index contributed by atoms with van der Waals surface area (Å²) in [7, 11) is -2.41. The standard InChI is InChI=1S/C22H21ClN2O4S/c1-29-22(26)17-7-4-16(5-8-17)6-13-21(18-3-2-14-24-15-18)25-30(27,28)20-11-9-19(23)10-12-20/h2-5,7-12,14-15,21,25H,6,13H2,1H3. The number of aryl methyl sites for hydroxylation is 1. The van der Waals surface area contributed by atoms with E-state index in [4.69, 9.17) is 16.3 Å². The van der Waals surface area contributed by atoms with E-state index < -0.39 is 22.0 Å². The Labute approximate surface area is 180 Å². The van der Waals surface area contributed by atoms with Crippen molar-refractivity contribution in [3.63, 3.8) is 0 Å². The van der Waals surface area contributed by atoms with Crippen LogP contribution in [0.3, 0.4) is 0 Å². The van der Waals surface area contributed by atoms with E-state index in [9.17, 15) is 13.2 Å². The van der Waals surface area contributed by atoms with E-state index >= 15 is 0 Å². The van der Waals surface area contributed by atoms with E-state index in [1.807, 2.05) is 18.2 Å². The third-order valence-corrected chi connectivity index (χ3v) is 6.34. The Morgan fingerprint density at radius 3 is 2.40 bits per heavy atom. The molecule has 1 unspecified atom stereocenters. The van der Waals surface area contributed by atoms with Crippen LogP contribution < -0.4 is 4.72 Å².